The van der Waals surface area contributed by atoms with Gasteiger partial charge in [0.15, 0.2) is 11.5 Å². The number of nitrogen functional groups attached to an aromatic ring is 1. The van der Waals surface area contributed by atoms with E-state index in [1.54, 1.807) is 4.68 Å². The van der Waals surface area contributed by atoms with E-state index in [0.29, 0.717) is 13.1 Å². The van der Waals surface area contributed by atoms with Gasteiger partial charge in [-0.1, -0.05) is 66.7 Å². The molecule has 2 aromatic carbocycles. The molecule has 0 atom stereocenters. The second kappa shape index (κ2) is 8.29. The molecule has 1 heterocycles. The summed E-state index contributed by atoms with van der Waals surface area (Å²) in [4.78, 5) is 12.3. The van der Waals surface area contributed by atoms with E-state index >= 15 is 0 Å². The molecule has 3 N–H and O–H groups in total. The van der Waals surface area contributed by atoms with Crippen LogP contribution in [0.4, 0.5) is 5.82 Å². The quantitative estimate of drug-likeness (QED) is 0.686. The first-order chi connectivity index (χ1) is 12.7. The summed E-state index contributed by atoms with van der Waals surface area (Å²) in [6, 6.07) is 18.2. The van der Waals surface area contributed by atoms with Crippen molar-refractivity contribution < 1.29 is 4.79 Å². The zero-order chi connectivity index (χ0) is 18.4. The molecule has 0 unspecified atom stereocenters. The summed E-state index contributed by atoms with van der Waals surface area (Å²) in [6.07, 6.45) is 1.75. The molecule has 1 amide bonds. The van der Waals surface area contributed by atoms with Crippen molar-refractivity contribution in [2.24, 2.45) is 0 Å². The molecule has 6 nitrogen and oxygen atoms in total. The van der Waals surface area contributed by atoms with Gasteiger partial charge in [-0.05, 0) is 29.5 Å². The molecule has 0 saturated carbocycles. The van der Waals surface area contributed by atoms with Gasteiger partial charge in [0.1, 0.15) is 0 Å². The van der Waals surface area contributed by atoms with Gasteiger partial charge in [-0.2, -0.15) is 0 Å². The molecule has 0 saturated heterocycles. The highest BCUT2D eigenvalue weighted by Crippen LogP contribution is 2.12. The van der Waals surface area contributed by atoms with E-state index in [2.05, 4.69) is 34.7 Å². The van der Waals surface area contributed by atoms with E-state index in [1.165, 1.54) is 11.1 Å². The highest BCUT2D eigenvalue weighted by atomic mass is 16.2. The van der Waals surface area contributed by atoms with E-state index in [1.807, 2.05) is 42.5 Å². The van der Waals surface area contributed by atoms with Gasteiger partial charge in [0, 0.05) is 6.54 Å². The fourth-order valence-electron chi connectivity index (χ4n) is 2.70. The van der Waals surface area contributed by atoms with Crippen molar-refractivity contribution in [3.63, 3.8) is 0 Å². The minimum atomic E-state index is -0.300. The minimum absolute atomic E-state index is 0.170. The molecule has 6 heteroatoms. The van der Waals surface area contributed by atoms with Gasteiger partial charge in [-0.3, -0.25) is 4.79 Å². The SMILES string of the molecule is CCc1ccc(Cn2nnc(C(=O)NCCc3ccccc3)c2N)cc1. The van der Waals surface area contributed by atoms with Gasteiger partial charge < -0.3 is 11.1 Å². The Morgan fingerprint density at radius 3 is 2.42 bits per heavy atom. The molecule has 26 heavy (non-hydrogen) atoms. The van der Waals surface area contributed by atoms with Crippen molar-refractivity contribution >= 4 is 11.7 Å². The van der Waals surface area contributed by atoms with Gasteiger partial charge in [-0.25, -0.2) is 4.68 Å². The van der Waals surface area contributed by atoms with Gasteiger partial charge in [0.25, 0.3) is 5.91 Å². The summed E-state index contributed by atoms with van der Waals surface area (Å²) >= 11 is 0. The fraction of sp³-hybridized carbons (Fsp3) is 0.250. The number of benzene rings is 2. The first-order valence-corrected chi connectivity index (χ1v) is 8.76. The van der Waals surface area contributed by atoms with Gasteiger partial charge in [-0.15, -0.1) is 5.10 Å². The number of rotatable bonds is 7. The van der Waals surface area contributed by atoms with Crippen molar-refractivity contribution in [2.75, 3.05) is 12.3 Å². The number of hydrogen-bond donors (Lipinski definition) is 2. The number of nitrogens with one attached hydrogen (secondary N) is 1. The monoisotopic (exact) mass is 349 g/mol. The van der Waals surface area contributed by atoms with Crippen molar-refractivity contribution in [1.29, 1.82) is 0 Å². The number of amides is 1. The standard InChI is InChI=1S/C20H23N5O/c1-2-15-8-10-17(11-9-15)14-25-19(21)18(23-24-25)20(26)22-13-12-16-6-4-3-5-7-16/h3-11H,2,12-14,21H2,1H3,(H,22,26). The Morgan fingerprint density at radius 2 is 1.73 bits per heavy atom. The summed E-state index contributed by atoms with van der Waals surface area (Å²) in [5, 5.41) is 10.8. The average molecular weight is 349 g/mol. The molecule has 0 radical (unpaired) electrons. The average Bonchev–Trinajstić information content (AvgIpc) is 3.03. The predicted octanol–water partition coefficient (Wildman–Crippen LogP) is 2.44. The number of hydrogen-bond acceptors (Lipinski definition) is 4. The molecule has 1 aromatic heterocycles. The number of aromatic nitrogens is 3. The number of nitrogens with zero attached hydrogens (tertiary/aromatic N) is 3. The third-order valence-electron chi connectivity index (χ3n) is 4.29. The van der Waals surface area contributed by atoms with E-state index in [4.69, 9.17) is 5.73 Å². The lowest BCUT2D eigenvalue weighted by Gasteiger charge is -2.06. The fourth-order valence-corrected chi connectivity index (χ4v) is 2.70. The summed E-state index contributed by atoms with van der Waals surface area (Å²) in [5.41, 5.74) is 9.75. The number of nitrogens with two attached hydrogens (primary N) is 1. The lowest BCUT2D eigenvalue weighted by Crippen LogP contribution is -2.27. The molecule has 134 valence electrons. The topological polar surface area (TPSA) is 85.8 Å². The van der Waals surface area contributed by atoms with Gasteiger partial charge in [0.2, 0.25) is 0 Å². The molecule has 3 rings (SSSR count). The van der Waals surface area contributed by atoms with Crippen LogP contribution in [0.1, 0.15) is 34.1 Å². The van der Waals surface area contributed by atoms with Crippen LogP contribution in [0, 0.1) is 0 Å². The smallest absolute Gasteiger partial charge is 0.275 e. The Kier molecular flexibility index (Phi) is 5.63. The van der Waals surface area contributed by atoms with Crippen LogP contribution in [0.3, 0.4) is 0 Å². The molecule has 0 fully saturated rings. The third-order valence-corrected chi connectivity index (χ3v) is 4.29. The number of aryl methyl sites for hydroxylation is 1. The summed E-state index contributed by atoms with van der Waals surface area (Å²) in [5.74, 6) is -0.0206. The summed E-state index contributed by atoms with van der Waals surface area (Å²) < 4.78 is 1.55. The van der Waals surface area contributed by atoms with E-state index < -0.39 is 0 Å². The van der Waals surface area contributed by atoms with Crippen molar-refractivity contribution in [2.45, 2.75) is 26.3 Å². The predicted molar refractivity (Wildman–Crippen MR) is 102 cm³/mol. The minimum Gasteiger partial charge on any atom is -0.382 e. The molecule has 0 spiro atoms. The van der Waals surface area contributed by atoms with Crippen LogP contribution in [-0.4, -0.2) is 27.4 Å². The third kappa shape index (κ3) is 4.27. The van der Waals surface area contributed by atoms with E-state index in [0.717, 1.165) is 18.4 Å². The largest absolute Gasteiger partial charge is 0.382 e. The summed E-state index contributed by atoms with van der Waals surface area (Å²) in [7, 11) is 0. The first-order valence-electron chi connectivity index (χ1n) is 8.76. The van der Waals surface area contributed by atoms with Crippen molar-refractivity contribution in [3.8, 4) is 0 Å². The lowest BCUT2D eigenvalue weighted by molar-refractivity contribution is 0.0950. The lowest BCUT2D eigenvalue weighted by atomic mass is 10.1. The molecule has 3 aromatic rings. The van der Waals surface area contributed by atoms with Crippen molar-refractivity contribution in [3.05, 3.63) is 77.0 Å². The number of carbonyl (C=O) groups is 1. The molecule has 0 aliphatic rings. The Hall–Kier alpha value is -3.15. The molecule has 0 aliphatic heterocycles. The number of anilines is 1. The molecular weight excluding hydrogens is 326 g/mol. The Balaban J connectivity index is 1.59. The molecule has 0 aliphatic carbocycles. The van der Waals surface area contributed by atoms with Crippen LogP contribution in [0.25, 0.3) is 0 Å². The maximum atomic E-state index is 12.3. The second-order valence-corrected chi connectivity index (χ2v) is 6.14. The number of carbonyl (C=O) groups excluding carboxylic acids is 1. The Morgan fingerprint density at radius 1 is 1.04 bits per heavy atom. The highest BCUT2D eigenvalue weighted by molar-refractivity contribution is 5.96. The molecular formula is C20H23N5O. The maximum Gasteiger partial charge on any atom is 0.275 e. The first kappa shape index (κ1) is 17.7. The molecule has 0 bridgehead atoms. The van der Waals surface area contributed by atoms with E-state index in [-0.39, 0.29) is 17.4 Å². The van der Waals surface area contributed by atoms with Gasteiger partial charge >= 0.3 is 0 Å². The zero-order valence-corrected chi connectivity index (χ0v) is 14.9. The van der Waals surface area contributed by atoms with Crippen LogP contribution in [0.5, 0.6) is 0 Å². The van der Waals surface area contributed by atoms with Crippen LogP contribution >= 0.6 is 0 Å². The van der Waals surface area contributed by atoms with E-state index in [9.17, 15) is 4.79 Å². The zero-order valence-electron chi connectivity index (χ0n) is 14.9. The van der Waals surface area contributed by atoms with Crippen LogP contribution in [0.15, 0.2) is 54.6 Å². The van der Waals surface area contributed by atoms with Crippen molar-refractivity contribution in [1.82, 2.24) is 20.3 Å². The Labute approximate surface area is 153 Å². The second-order valence-electron chi connectivity index (χ2n) is 6.14. The van der Waals surface area contributed by atoms with Crippen LogP contribution in [-0.2, 0) is 19.4 Å². The van der Waals surface area contributed by atoms with Crippen LogP contribution in [0.2, 0.25) is 0 Å². The highest BCUT2D eigenvalue weighted by Gasteiger charge is 2.17. The Bertz CT molecular complexity index is 856. The summed E-state index contributed by atoms with van der Waals surface area (Å²) in [6.45, 7) is 3.13. The van der Waals surface area contributed by atoms with Crippen LogP contribution < -0.4 is 11.1 Å². The maximum absolute atomic E-state index is 12.3. The van der Waals surface area contributed by atoms with Gasteiger partial charge in [0.05, 0.1) is 6.54 Å². The normalized spacial score (nSPS) is 10.7.